The van der Waals surface area contributed by atoms with Crippen LogP contribution in [-0.2, 0) is 47.5 Å². The molecule has 4 saturated heterocycles. The zero-order valence-corrected chi connectivity index (χ0v) is 33.5. The number of carbonyl (C=O) groups is 4. The molecular weight excluding hydrogens is 758 g/mol. The molecule has 314 valence electrons. The van der Waals surface area contributed by atoms with Crippen molar-refractivity contribution in [1.82, 2.24) is 4.90 Å². The summed E-state index contributed by atoms with van der Waals surface area (Å²) in [4.78, 5) is 56.0. The Morgan fingerprint density at radius 1 is 0.914 bits per heavy atom. The highest BCUT2D eigenvalue weighted by Gasteiger charge is 2.55. The van der Waals surface area contributed by atoms with Crippen LogP contribution in [0.4, 0.5) is 0 Å². The van der Waals surface area contributed by atoms with Crippen LogP contribution in [0, 0.1) is 0 Å². The topological polar surface area (TPSA) is 206 Å². The van der Waals surface area contributed by atoms with Crippen LogP contribution in [0.15, 0.2) is 24.3 Å². The number of hydrogen-bond acceptors (Lipinski definition) is 16. The van der Waals surface area contributed by atoms with Crippen LogP contribution in [0.5, 0.6) is 11.5 Å². The summed E-state index contributed by atoms with van der Waals surface area (Å²) in [5.74, 6) is -4.62. The molecule has 58 heavy (non-hydrogen) atoms. The minimum atomic E-state index is -1.75. The Kier molecular flexibility index (Phi) is 10.8. The Balaban J connectivity index is 1.06. The van der Waals surface area contributed by atoms with Crippen molar-refractivity contribution >= 4 is 23.3 Å². The molecule has 6 aliphatic rings. The molecule has 0 aromatic heterocycles. The van der Waals surface area contributed by atoms with Crippen LogP contribution in [0.1, 0.15) is 115 Å². The van der Waals surface area contributed by atoms with E-state index in [0.29, 0.717) is 6.42 Å². The first-order chi connectivity index (χ1) is 27.5. The fourth-order valence-electron chi connectivity index (χ4n) is 9.76. The lowest BCUT2D eigenvalue weighted by molar-refractivity contribution is -0.367. The number of likely N-dealkylation sites (N-methyl/N-ethyl adjacent to an activating group) is 1. The Morgan fingerprint density at radius 3 is 2.34 bits per heavy atom. The van der Waals surface area contributed by atoms with E-state index >= 15 is 0 Å². The van der Waals surface area contributed by atoms with Crippen molar-refractivity contribution < 1.29 is 72.4 Å². The van der Waals surface area contributed by atoms with E-state index in [9.17, 15) is 34.5 Å². The van der Waals surface area contributed by atoms with Crippen molar-refractivity contribution in [1.29, 1.82) is 0 Å². The fraction of sp³-hybridized carbons (Fsp3) is 0.619. The summed E-state index contributed by atoms with van der Waals surface area (Å²) < 4.78 is 49.5. The molecule has 4 aliphatic heterocycles. The average Bonchev–Trinajstić information content (AvgIpc) is 3.16. The first kappa shape index (κ1) is 40.9. The van der Waals surface area contributed by atoms with E-state index in [1.165, 1.54) is 31.4 Å². The molecule has 16 nitrogen and oxygen atoms in total. The van der Waals surface area contributed by atoms with Crippen LogP contribution in [0.25, 0.3) is 0 Å². The summed E-state index contributed by atoms with van der Waals surface area (Å²) in [6.07, 6.45) is -6.48. The van der Waals surface area contributed by atoms with Crippen LogP contribution in [-0.4, -0.2) is 138 Å². The number of aromatic hydroxyl groups is 2. The Labute approximate surface area is 335 Å². The Morgan fingerprint density at radius 2 is 1.64 bits per heavy atom. The maximum absolute atomic E-state index is 13.9. The molecule has 0 saturated carbocycles. The van der Waals surface area contributed by atoms with Gasteiger partial charge in [-0.3, -0.25) is 19.2 Å². The second kappa shape index (κ2) is 15.3. The SMILES string of the molecule is CC[C@@]1(O)C[C@H](O[C@H]2C[C@H](N(C)C)[C@H](O[C@H]3C[C@@H]4O[C@@H]5C(=O)C[C@@H](C)O[C@@H]5O[C@@H]4[C@H](C)O3)[C@H](C)O2)c2c(cc3c(c2O)C(=O)c2c(O)cccc2C3=O)[C@H]1C(=O)OC. The van der Waals surface area contributed by atoms with E-state index < -0.39 is 102 Å². The molecule has 16 heteroatoms. The number of rotatable bonds is 7. The summed E-state index contributed by atoms with van der Waals surface area (Å²) in [5, 5.41) is 34.8. The van der Waals surface area contributed by atoms with Gasteiger partial charge in [0.15, 0.2) is 36.5 Å². The van der Waals surface area contributed by atoms with Crippen molar-refractivity contribution in [2.75, 3.05) is 21.2 Å². The number of benzene rings is 2. The lowest BCUT2D eigenvalue weighted by Crippen LogP contribution is -2.63. The number of phenols is 2. The number of carbonyl (C=O) groups excluding carboxylic acids is 4. The lowest BCUT2D eigenvalue weighted by atomic mass is 9.67. The van der Waals surface area contributed by atoms with Gasteiger partial charge in [-0.05, 0) is 59.0 Å². The van der Waals surface area contributed by atoms with Crippen LogP contribution in [0.2, 0.25) is 0 Å². The normalized spacial score (nSPS) is 38.3. The molecule has 2 aromatic rings. The molecule has 0 radical (unpaired) electrons. The van der Waals surface area contributed by atoms with Crippen molar-refractivity contribution in [3.63, 3.8) is 0 Å². The van der Waals surface area contributed by atoms with Gasteiger partial charge < -0.3 is 58.1 Å². The van der Waals surface area contributed by atoms with E-state index in [4.69, 9.17) is 37.9 Å². The molecule has 0 spiro atoms. The number of ether oxygens (including phenoxy) is 8. The number of hydrogen-bond donors (Lipinski definition) is 3. The number of aliphatic hydroxyl groups is 1. The highest BCUT2D eigenvalue weighted by atomic mass is 16.8. The van der Waals surface area contributed by atoms with Crippen LogP contribution in [0.3, 0.4) is 0 Å². The number of Topliss-reactive ketones (excluding diaryl/α,β-unsaturated/α-hetero) is 1. The molecule has 4 heterocycles. The summed E-state index contributed by atoms with van der Waals surface area (Å²) >= 11 is 0. The van der Waals surface area contributed by atoms with Gasteiger partial charge in [0.1, 0.15) is 29.6 Å². The third-order valence-corrected chi connectivity index (χ3v) is 12.7. The average molecular weight is 810 g/mol. The van der Waals surface area contributed by atoms with Crippen molar-refractivity contribution in [2.24, 2.45) is 0 Å². The van der Waals surface area contributed by atoms with Gasteiger partial charge in [0.2, 0.25) is 5.78 Å². The van der Waals surface area contributed by atoms with Gasteiger partial charge in [-0.1, -0.05) is 19.1 Å². The van der Waals surface area contributed by atoms with Crippen LogP contribution >= 0.6 is 0 Å². The molecule has 0 unspecified atom stereocenters. The predicted molar refractivity (Wildman–Crippen MR) is 199 cm³/mol. The summed E-state index contributed by atoms with van der Waals surface area (Å²) in [6.45, 7) is 7.22. The predicted octanol–water partition coefficient (Wildman–Crippen LogP) is 3.17. The van der Waals surface area contributed by atoms with Crippen molar-refractivity contribution in [3.05, 3.63) is 57.6 Å². The molecule has 0 bridgehead atoms. The van der Waals surface area contributed by atoms with E-state index in [1.807, 2.05) is 39.8 Å². The summed E-state index contributed by atoms with van der Waals surface area (Å²) in [5.41, 5.74) is -2.44. The molecule has 0 amide bonds. The van der Waals surface area contributed by atoms with Gasteiger partial charge in [0.05, 0.1) is 54.4 Å². The van der Waals surface area contributed by atoms with Crippen molar-refractivity contribution in [3.8, 4) is 11.5 Å². The summed E-state index contributed by atoms with van der Waals surface area (Å²) in [7, 11) is 4.97. The maximum atomic E-state index is 13.9. The number of methoxy groups -OCH3 is 1. The third-order valence-electron chi connectivity index (χ3n) is 12.7. The second-order valence-corrected chi connectivity index (χ2v) is 16.6. The zero-order chi connectivity index (χ0) is 41.5. The fourth-order valence-corrected chi connectivity index (χ4v) is 9.76. The molecule has 14 atom stereocenters. The van der Waals surface area contributed by atoms with E-state index in [1.54, 1.807) is 6.92 Å². The van der Waals surface area contributed by atoms with E-state index in [-0.39, 0.29) is 77.0 Å². The first-order valence-corrected chi connectivity index (χ1v) is 19.9. The zero-order valence-electron chi connectivity index (χ0n) is 33.5. The van der Waals surface area contributed by atoms with Gasteiger partial charge in [-0.25, -0.2) is 0 Å². The Bertz CT molecular complexity index is 2000. The smallest absolute Gasteiger partial charge is 0.316 e. The number of ketones is 3. The minimum Gasteiger partial charge on any atom is -0.507 e. The second-order valence-electron chi connectivity index (χ2n) is 16.6. The number of fused-ring (bicyclic) bond motifs is 5. The summed E-state index contributed by atoms with van der Waals surface area (Å²) in [6, 6.07) is 5.16. The Hall–Kier alpha value is -3.84. The van der Waals surface area contributed by atoms with E-state index in [2.05, 4.69) is 0 Å². The van der Waals surface area contributed by atoms with Gasteiger partial charge in [0.25, 0.3) is 0 Å². The molecule has 4 fully saturated rings. The number of nitrogens with zero attached hydrogens (tertiary/aromatic N) is 1. The van der Waals surface area contributed by atoms with Crippen LogP contribution < -0.4 is 0 Å². The van der Waals surface area contributed by atoms with Crippen molar-refractivity contribution in [2.45, 2.75) is 145 Å². The standard InChI is InChI=1S/C42H51NO15/c1-8-42(50)16-27(31-21(33(42)40(49)51-7)13-22-32(36(31)48)35(47)30-20(34(22)46)10-9-11-24(30)44)55-28-14-23(43(5)6)37(18(3)53-28)57-29-15-26-38(19(4)54-29)58-41-39(56-26)25(45)12-17(2)52-41/h9-11,13,17-19,23,26-29,33,37-39,41,44,48,50H,8,12,14-16H2,1-7H3/t17-,18+,19+,23+,26+,27+,28+,29+,33+,37-,38-,39-,41-,42-/m1/s1. The monoisotopic (exact) mass is 809 g/mol. The first-order valence-electron chi connectivity index (χ1n) is 19.9. The largest absolute Gasteiger partial charge is 0.507 e. The van der Waals surface area contributed by atoms with Gasteiger partial charge in [0, 0.05) is 48.4 Å². The molecular formula is C42H51NO15. The molecule has 2 aliphatic carbocycles. The highest BCUT2D eigenvalue weighted by molar-refractivity contribution is 6.30. The van der Waals surface area contributed by atoms with Gasteiger partial charge >= 0.3 is 5.97 Å². The van der Waals surface area contributed by atoms with E-state index in [0.717, 1.165) is 0 Å². The quantitative estimate of drug-likeness (QED) is 0.293. The molecule has 8 rings (SSSR count). The van der Waals surface area contributed by atoms with Gasteiger partial charge in [-0.15, -0.1) is 0 Å². The lowest BCUT2D eigenvalue weighted by Gasteiger charge is -2.50. The number of phenolic OH excluding ortho intramolecular Hbond substituents is 2. The maximum Gasteiger partial charge on any atom is 0.316 e. The minimum absolute atomic E-state index is 0.0377. The third kappa shape index (κ3) is 6.76. The highest BCUT2D eigenvalue weighted by Crippen LogP contribution is 2.54. The van der Waals surface area contributed by atoms with Gasteiger partial charge in [-0.2, -0.15) is 0 Å². The molecule has 2 aromatic carbocycles. The number of esters is 1. The molecule has 3 N–H and O–H groups in total.